The third-order valence-electron chi connectivity index (χ3n) is 12.3. The van der Waals surface area contributed by atoms with E-state index in [0.717, 1.165) is 22.3 Å². The molecule has 346 valence electrons. The van der Waals surface area contributed by atoms with E-state index in [1.54, 1.807) is 55.4 Å². The molecule has 0 saturated heterocycles. The number of benzene rings is 4. The van der Waals surface area contributed by atoms with Gasteiger partial charge < -0.3 is 0 Å². The first-order valence-electron chi connectivity index (χ1n) is 22.4. The van der Waals surface area contributed by atoms with Crippen molar-refractivity contribution in [3.8, 4) is 0 Å². The summed E-state index contributed by atoms with van der Waals surface area (Å²) < 4.78 is 82.4. The lowest BCUT2D eigenvalue weighted by molar-refractivity contribution is 0.234. The second-order valence-electron chi connectivity index (χ2n) is 18.8. The fourth-order valence-electron chi connectivity index (χ4n) is 9.84. The maximum atomic E-state index is 15.8. The van der Waals surface area contributed by atoms with E-state index in [1.807, 2.05) is 100 Å². The third-order valence-corrected chi connectivity index (χ3v) is 20.4. The summed E-state index contributed by atoms with van der Waals surface area (Å²) in [5.41, 5.74) is 6.45. The van der Waals surface area contributed by atoms with Gasteiger partial charge in [0.2, 0.25) is 0 Å². The van der Waals surface area contributed by atoms with Gasteiger partial charge in [-0.2, -0.15) is 25.4 Å². The molecule has 6 bridgehead atoms. The predicted octanol–water partition coefficient (Wildman–Crippen LogP) is 7.37. The van der Waals surface area contributed by atoms with Gasteiger partial charge in [-0.3, -0.25) is 8.47 Å². The molecule has 0 unspecified atom stereocenters. The highest BCUT2D eigenvalue weighted by molar-refractivity contribution is 7.87. The van der Waals surface area contributed by atoms with Crippen molar-refractivity contribution in [2.45, 2.75) is 107 Å². The van der Waals surface area contributed by atoms with Gasteiger partial charge in [-0.25, -0.2) is 37.7 Å². The zero-order chi connectivity index (χ0) is 47.8. The van der Waals surface area contributed by atoms with E-state index in [9.17, 15) is 0 Å². The first-order chi connectivity index (χ1) is 31.6. The predicted molar refractivity (Wildman–Crippen MR) is 264 cm³/mol. The standard InChI is InChI=1S/C48H52N10O6S2Si/c1-25(2)55(26(3)4)65(59,60)63-67(64-66(61,62)56(27(5)6)28(7)8)57-45-35-19-15-31(11)23-39(35)48(57)52-42-34-18-14-30(10)22-38(34)44(50-42)54-46-36-20-16-32(12)24-40(36)47(58(46)67)51-41-33-17-13-29(9)21-37(33)43(49-41)53-45/h13-28H,1-12H3. The Bertz CT molecular complexity index is 3590. The van der Waals surface area contributed by atoms with E-state index in [-0.39, 0.29) is 46.0 Å². The largest absolute Gasteiger partial charge is 0.634 e. The van der Waals surface area contributed by atoms with Gasteiger partial charge in [0.25, 0.3) is 0 Å². The van der Waals surface area contributed by atoms with Crippen LogP contribution in [-0.4, -0.2) is 90.3 Å². The molecule has 0 atom stereocenters. The van der Waals surface area contributed by atoms with Crippen LogP contribution in [0, 0.1) is 27.7 Å². The molecule has 19 heteroatoms. The van der Waals surface area contributed by atoms with E-state index in [2.05, 4.69) is 0 Å². The molecule has 0 N–H and O–H groups in total. The molecule has 0 amide bonds. The molecule has 4 aromatic carbocycles. The molecule has 2 aromatic heterocycles. The summed E-state index contributed by atoms with van der Waals surface area (Å²) in [7, 11) is -15.8. The molecule has 0 aliphatic carbocycles. The van der Waals surface area contributed by atoms with Gasteiger partial charge in [0.15, 0.2) is 23.3 Å². The minimum Gasteiger partial charge on any atom is -0.271 e. The van der Waals surface area contributed by atoms with Crippen LogP contribution in [0.5, 0.6) is 0 Å². The number of nitrogens with zero attached hydrogens (tertiary/aromatic N) is 10. The van der Waals surface area contributed by atoms with Gasteiger partial charge >= 0.3 is 29.5 Å². The van der Waals surface area contributed by atoms with Crippen LogP contribution in [0.2, 0.25) is 0 Å². The highest BCUT2D eigenvalue weighted by atomic mass is 32.2. The first kappa shape index (κ1) is 45.0. The molecule has 0 fully saturated rings. The summed E-state index contributed by atoms with van der Waals surface area (Å²) in [4.78, 5) is 31.7. The first-order valence-corrected chi connectivity index (χ1v) is 26.8. The molecule has 4 aliphatic heterocycles. The monoisotopic (exact) mass is 956 g/mol. The van der Waals surface area contributed by atoms with Crippen molar-refractivity contribution >= 4 is 86.0 Å². The highest BCUT2D eigenvalue weighted by Gasteiger charge is 2.61. The van der Waals surface area contributed by atoms with E-state index < -0.39 is 53.7 Å². The van der Waals surface area contributed by atoms with Crippen LogP contribution in [-0.2, 0) is 28.4 Å². The van der Waals surface area contributed by atoms with Crippen molar-refractivity contribution in [1.82, 2.24) is 17.1 Å². The quantitative estimate of drug-likeness (QED) is 0.130. The summed E-state index contributed by atoms with van der Waals surface area (Å²) in [6.45, 7) is 21.7. The Morgan fingerprint density at radius 2 is 0.806 bits per heavy atom. The molecule has 0 spiro atoms. The number of aryl methyl sites for hydroxylation is 4. The van der Waals surface area contributed by atoms with Crippen molar-refractivity contribution < 1.29 is 24.6 Å². The van der Waals surface area contributed by atoms with E-state index in [0.29, 0.717) is 43.8 Å². The number of amidine groups is 4. The van der Waals surface area contributed by atoms with Gasteiger partial charge in [-0.05, 0) is 107 Å². The number of aromatic nitrogens is 2. The average molecular weight is 957 g/mol. The molecule has 6 aromatic rings. The van der Waals surface area contributed by atoms with Crippen molar-refractivity contribution in [3.63, 3.8) is 0 Å². The van der Waals surface area contributed by atoms with Gasteiger partial charge in [0.05, 0.1) is 0 Å². The van der Waals surface area contributed by atoms with Gasteiger partial charge in [-0.1, -0.05) is 70.8 Å². The molecule has 0 saturated carbocycles. The summed E-state index contributed by atoms with van der Waals surface area (Å²) in [5.74, 6) is 1.26. The van der Waals surface area contributed by atoms with Crippen LogP contribution in [0.1, 0.15) is 99.9 Å². The van der Waals surface area contributed by atoms with E-state index in [1.165, 1.54) is 17.1 Å². The van der Waals surface area contributed by atoms with Crippen molar-refractivity contribution in [1.29, 1.82) is 0 Å². The van der Waals surface area contributed by atoms with Gasteiger partial charge in [0.1, 0.15) is 22.6 Å². The van der Waals surface area contributed by atoms with E-state index in [4.69, 9.17) is 37.7 Å². The number of hydrogen-bond donors (Lipinski definition) is 0. The minimum absolute atomic E-state index is 0.0970. The number of fused-ring (bicyclic) bond motifs is 14. The van der Waals surface area contributed by atoms with Crippen LogP contribution >= 0.6 is 0 Å². The Morgan fingerprint density at radius 3 is 1.30 bits per heavy atom. The third kappa shape index (κ3) is 7.04. The maximum absolute atomic E-state index is 15.8. The number of hydrogen-bond acceptors (Lipinski definition) is 12. The fraction of sp³-hybridized carbons (Fsp3) is 0.333. The molecule has 10 rings (SSSR count). The lowest BCUT2D eigenvalue weighted by atomic mass is 10.0. The topological polar surface area (TPSA) is 177 Å². The van der Waals surface area contributed by atoms with Crippen LogP contribution in [0.3, 0.4) is 0 Å². The van der Waals surface area contributed by atoms with E-state index >= 15 is 16.8 Å². The van der Waals surface area contributed by atoms with Crippen LogP contribution in [0.15, 0.2) is 103 Å². The van der Waals surface area contributed by atoms with Crippen LogP contribution in [0.25, 0.3) is 21.5 Å². The summed E-state index contributed by atoms with van der Waals surface area (Å²) >= 11 is 0. The molecule has 4 aliphatic rings. The Balaban J connectivity index is 1.55. The molecule has 6 heterocycles. The lowest BCUT2D eigenvalue weighted by Gasteiger charge is -2.38. The lowest BCUT2D eigenvalue weighted by Crippen LogP contribution is -2.67. The van der Waals surface area contributed by atoms with Crippen LogP contribution < -0.4 is 11.0 Å². The Labute approximate surface area is 391 Å². The second kappa shape index (κ2) is 15.6. The zero-order valence-electron chi connectivity index (χ0n) is 39.5. The number of rotatable bonds is 10. The van der Waals surface area contributed by atoms with Crippen molar-refractivity contribution in [2.75, 3.05) is 0 Å². The fourth-order valence-corrected chi connectivity index (χ4v) is 18.3. The zero-order valence-corrected chi connectivity index (χ0v) is 42.1. The average Bonchev–Trinajstić information content (AvgIpc) is 3.91. The van der Waals surface area contributed by atoms with Crippen molar-refractivity contribution in [2.24, 2.45) is 30.0 Å². The highest BCUT2D eigenvalue weighted by Crippen LogP contribution is 2.45. The second-order valence-corrected chi connectivity index (χ2v) is 24.7. The molecular formula is C48H52N10O6S2Si. The summed E-state index contributed by atoms with van der Waals surface area (Å²) in [5, 5.41) is 2.01. The number of aliphatic imine (C=N–C) groups is 4. The summed E-state index contributed by atoms with van der Waals surface area (Å²) in [6, 6.07) is 20.5. The summed E-state index contributed by atoms with van der Waals surface area (Å²) in [6.07, 6.45) is 0. The smallest absolute Gasteiger partial charge is 0.271 e. The van der Waals surface area contributed by atoms with Gasteiger partial charge in [-0.15, -0.1) is 0 Å². The maximum Gasteiger partial charge on any atom is 0.634 e. The minimum atomic E-state index is -5.78. The Kier molecular flexibility index (Phi) is 10.5. The molecule has 67 heavy (non-hydrogen) atoms. The molecule has 0 radical (unpaired) electrons. The Hall–Kier alpha value is -5.80. The normalized spacial score (nSPS) is 16.1. The van der Waals surface area contributed by atoms with Gasteiger partial charge in [0, 0.05) is 68.0 Å². The molecule has 16 nitrogen and oxygen atoms in total. The molecular weight excluding hydrogens is 905 g/mol. The van der Waals surface area contributed by atoms with Crippen LogP contribution in [0.4, 0.5) is 11.6 Å². The van der Waals surface area contributed by atoms with Crippen molar-refractivity contribution in [3.05, 3.63) is 128 Å². The SMILES string of the molecule is Cc1ccc2c(c1)C1=NC2=Nc2c3cc(C)ccc3c3n2[Si](OS(=O)(=O)N(C(C)C)C(C)C)(OS(=O)(=O)N(C(C)C)C(C)C)n2c(c4ccc(C)cc4c2=NC2=NC(=N3)c3cc(C)ccc32)=N1. The Morgan fingerprint density at radius 1 is 0.433 bits per heavy atom.